The quantitative estimate of drug-likeness (QED) is 0.445. The summed E-state index contributed by atoms with van der Waals surface area (Å²) in [7, 11) is 0. The number of hydrogen-bond acceptors (Lipinski definition) is 6. The van der Waals surface area contributed by atoms with E-state index in [0.717, 1.165) is 59.0 Å². The van der Waals surface area contributed by atoms with E-state index in [1.807, 2.05) is 41.3 Å². The van der Waals surface area contributed by atoms with E-state index in [9.17, 15) is 9.59 Å². The molecule has 1 N–H and O–H groups in total. The van der Waals surface area contributed by atoms with Gasteiger partial charge in [0.1, 0.15) is 10.7 Å². The summed E-state index contributed by atoms with van der Waals surface area (Å²) in [5, 5.41) is 1.86. The molecule has 1 saturated heterocycles. The number of carbonyl (C=O) groups is 1. The van der Waals surface area contributed by atoms with Crippen LogP contribution in [0.25, 0.3) is 27.2 Å². The molecule has 8 heteroatoms. The van der Waals surface area contributed by atoms with Crippen LogP contribution in [-0.4, -0.2) is 56.8 Å². The molecule has 35 heavy (non-hydrogen) atoms. The Balaban J connectivity index is 1.10. The number of piperazine rings is 1. The van der Waals surface area contributed by atoms with Crippen molar-refractivity contribution in [2.45, 2.75) is 32.2 Å². The molecule has 0 unspecified atom stereocenters. The Morgan fingerprint density at radius 1 is 1.09 bits per heavy atom. The predicted molar refractivity (Wildman–Crippen MR) is 140 cm³/mol. The number of pyridine rings is 1. The lowest BCUT2D eigenvalue weighted by Gasteiger charge is -2.33. The Morgan fingerprint density at radius 3 is 2.80 bits per heavy atom. The number of rotatable bonds is 4. The smallest absolute Gasteiger partial charge is 0.259 e. The number of thiophene rings is 1. The topological polar surface area (TPSA) is 82.2 Å². The van der Waals surface area contributed by atoms with Crippen molar-refractivity contribution in [1.82, 2.24) is 24.8 Å². The zero-order chi connectivity index (χ0) is 23.8. The molecule has 178 valence electrons. The summed E-state index contributed by atoms with van der Waals surface area (Å²) in [4.78, 5) is 44.2. The van der Waals surface area contributed by atoms with Gasteiger partial charge >= 0.3 is 0 Å². The summed E-state index contributed by atoms with van der Waals surface area (Å²) >= 11 is 1.68. The minimum atomic E-state index is -0.00808. The maximum atomic E-state index is 12.8. The third kappa shape index (κ3) is 4.39. The average Bonchev–Trinajstić information content (AvgIpc) is 3.26. The van der Waals surface area contributed by atoms with Crippen LogP contribution in [0.4, 0.5) is 0 Å². The van der Waals surface area contributed by atoms with Crippen LogP contribution in [0, 0.1) is 0 Å². The lowest BCUT2D eigenvalue weighted by molar-refractivity contribution is -0.127. The number of para-hydroxylation sites is 1. The van der Waals surface area contributed by atoms with Gasteiger partial charge < -0.3 is 9.88 Å². The largest absolute Gasteiger partial charge is 0.337 e. The van der Waals surface area contributed by atoms with Crippen LogP contribution < -0.4 is 5.56 Å². The van der Waals surface area contributed by atoms with E-state index in [1.165, 1.54) is 16.9 Å². The number of nitrogens with zero attached hydrogens (tertiary/aromatic N) is 4. The molecule has 1 fully saturated rings. The van der Waals surface area contributed by atoms with Crippen molar-refractivity contribution in [3.05, 3.63) is 74.8 Å². The van der Waals surface area contributed by atoms with Crippen molar-refractivity contribution in [2.24, 2.45) is 0 Å². The van der Waals surface area contributed by atoms with Crippen molar-refractivity contribution in [2.75, 3.05) is 26.2 Å². The van der Waals surface area contributed by atoms with E-state index in [0.29, 0.717) is 25.5 Å². The van der Waals surface area contributed by atoms with E-state index in [-0.39, 0.29) is 11.5 Å². The predicted octanol–water partition coefficient (Wildman–Crippen LogP) is 3.77. The van der Waals surface area contributed by atoms with Crippen LogP contribution in [0.5, 0.6) is 0 Å². The number of H-pyrrole nitrogens is 1. The number of aryl methyl sites for hydroxylation is 2. The van der Waals surface area contributed by atoms with Crippen molar-refractivity contribution >= 4 is 44.4 Å². The highest BCUT2D eigenvalue weighted by Gasteiger charge is 2.23. The summed E-state index contributed by atoms with van der Waals surface area (Å²) in [5.41, 5.74) is 3.05. The highest BCUT2D eigenvalue weighted by atomic mass is 32.1. The normalized spacial score (nSPS) is 16.9. The van der Waals surface area contributed by atoms with E-state index < -0.39 is 0 Å². The van der Waals surface area contributed by atoms with Crippen LogP contribution in [-0.2, 0) is 24.2 Å². The number of aromatic amines is 1. The Kier molecular flexibility index (Phi) is 5.91. The molecule has 7 nitrogen and oxygen atoms in total. The number of carbonyl (C=O) groups excluding carboxylic acids is 1. The summed E-state index contributed by atoms with van der Waals surface area (Å²) in [5.74, 6) is 0.721. The first-order valence-electron chi connectivity index (χ1n) is 12.2. The van der Waals surface area contributed by atoms with Crippen molar-refractivity contribution < 1.29 is 4.79 Å². The molecule has 2 aliphatic rings. The fraction of sp³-hybridized carbons (Fsp3) is 0.333. The molecule has 3 aromatic heterocycles. The van der Waals surface area contributed by atoms with Crippen LogP contribution in [0.15, 0.2) is 47.4 Å². The van der Waals surface area contributed by atoms with E-state index in [2.05, 4.69) is 14.9 Å². The molecule has 1 aliphatic carbocycles. The van der Waals surface area contributed by atoms with Gasteiger partial charge in [-0.1, -0.05) is 24.3 Å². The lowest BCUT2D eigenvalue weighted by Crippen LogP contribution is -2.48. The first-order valence-corrected chi connectivity index (χ1v) is 13.0. The van der Waals surface area contributed by atoms with Gasteiger partial charge in [-0.3, -0.25) is 19.5 Å². The van der Waals surface area contributed by atoms with Crippen LogP contribution in [0.3, 0.4) is 0 Å². The van der Waals surface area contributed by atoms with Crippen molar-refractivity contribution in [3.63, 3.8) is 0 Å². The highest BCUT2D eigenvalue weighted by molar-refractivity contribution is 7.18. The Hall–Kier alpha value is -3.36. The average molecular weight is 486 g/mol. The number of aromatic nitrogens is 3. The van der Waals surface area contributed by atoms with Gasteiger partial charge in [-0.25, -0.2) is 4.98 Å². The highest BCUT2D eigenvalue weighted by Crippen LogP contribution is 2.33. The molecule has 0 bridgehead atoms. The van der Waals surface area contributed by atoms with Crippen LogP contribution in [0.2, 0.25) is 0 Å². The lowest BCUT2D eigenvalue weighted by atomic mass is 9.97. The molecule has 0 saturated carbocycles. The minimum absolute atomic E-state index is 0.00808. The number of nitrogens with one attached hydrogen (secondary N) is 1. The number of benzene rings is 1. The second-order valence-electron chi connectivity index (χ2n) is 9.26. The standard InChI is InChI=1S/C27H27N5O2S/c33-23(11-10-19-6-3-5-18-7-4-12-28-25(18)19)32-15-13-31(14-16-32)17-22-29-26(34)24-20-8-1-2-9-21(20)35-27(24)30-22/h3-7,10-12H,1-2,8-9,13-17H2,(H,29,30,34)/b11-10+. The van der Waals surface area contributed by atoms with Gasteiger partial charge in [0.15, 0.2) is 0 Å². The first kappa shape index (κ1) is 22.1. The fourth-order valence-electron chi connectivity index (χ4n) is 5.15. The first-order chi connectivity index (χ1) is 17.2. The SMILES string of the molecule is O=C(/C=C/c1cccc2cccnc12)N1CCN(Cc2nc3sc4c(c3c(=O)[nH]2)CCCC4)CC1. The molecule has 0 radical (unpaired) electrons. The molecular formula is C27H27N5O2S. The van der Waals surface area contributed by atoms with Gasteiger partial charge in [-0.15, -0.1) is 11.3 Å². The van der Waals surface area contributed by atoms with Gasteiger partial charge in [0.25, 0.3) is 5.56 Å². The summed E-state index contributed by atoms with van der Waals surface area (Å²) < 4.78 is 0. The molecule has 0 atom stereocenters. The Morgan fingerprint density at radius 2 is 1.91 bits per heavy atom. The van der Waals surface area contributed by atoms with Gasteiger partial charge in [0.05, 0.1) is 17.4 Å². The number of hydrogen-bond donors (Lipinski definition) is 1. The van der Waals surface area contributed by atoms with E-state index in [4.69, 9.17) is 4.98 Å². The zero-order valence-corrected chi connectivity index (χ0v) is 20.3. The van der Waals surface area contributed by atoms with Gasteiger partial charge in [0, 0.05) is 54.3 Å². The fourth-order valence-corrected chi connectivity index (χ4v) is 6.43. The molecule has 1 aromatic carbocycles. The minimum Gasteiger partial charge on any atom is -0.337 e. The van der Waals surface area contributed by atoms with Crippen molar-refractivity contribution in [3.8, 4) is 0 Å². The molecule has 1 amide bonds. The third-order valence-corrected chi connectivity index (χ3v) is 8.19. The zero-order valence-electron chi connectivity index (χ0n) is 19.5. The van der Waals surface area contributed by atoms with Gasteiger partial charge in [0.2, 0.25) is 5.91 Å². The molecular weight excluding hydrogens is 458 g/mol. The van der Waals surface area contributed by atoms with Gasteiger partial charge in [-0.05, 0) is 43.4 Å². The Bertz CT molecular complexity index is 1490. The van der Waals surface area contributed by atoms with E-state index in [1.54, 1.807) is 23.6 Å². The van der Waals surface area contributed by atoms with Crippen molar-refractivity contribution in [1.29, 1.82) is 0 Å². The molecule has 6 rings (SSSR count). The molecule has 0 spiro atoms. The summed E-state index contributed by atoms with van der Waals surface area (Å²) in [6.07, 6.45) is 9.67. The maximum absolute atomic E-state index is 12.8. The monoisotopic (exact) mass is 485 g/mol. The Labute approximate surface area is 207 Å². The van der Waals surface area contributed by atoms with Crippen LogP contribution in [0.1, 0.15) is 34.7 Å². The second kappa shape index (κ2) is 9.36. The second-order valence-corrected chi connectivity index (χ2v) is 10.3. The van der Waals surface area contributed by atoms with E-state index >= 15 is 0 Å². The molecule has 4 aromatic rings. The van der Waals surface area contributed by atoms with Gasteiger partial charge in [-0.2, -0.15) is 0 Å². The number of fused-ring (bicyclic) bond motifs is 4. The summed E-state index contributed by atoms with van der Waals surface area (Å²) in [6, 6.07) is 9.91. The molecule has 4 heterocycles. The number of amides is 1. The summed E-state index contributed by atoms with van der Waals surface area (Å²) in [6.45, 7) is 3.39. The third-order valence-electron chi connectivity index (χ3n) is 7.00. The molecule has 1 aliphatic heterocycles. The maximum Gasteiger partial charge on any atom is 0.259 e. The van der Waals surface area contributed by atoms with Crippen LogP contribution >= 0.6 is 11.3 Å².